The fourth-order valence-corrected chi connectivity index (χ4v) is 2.72. The predicted octanol–water partition coefficient (Wildman–Crippen LogP) is 1.86. The van der Waals surface area contributed by atoms with Gasteiger partial charge in [0.15, 0.2) is 0 Å². The van der Waals surface area contributed by atoms with Crippen molar-refractivity contribution >= 4 is 10.0 Å². The smallest absolute Gasteiger partial charge is 0.324 e. The van der Waals surface area contributed by atoms with Gasteiger partial charge in [0.25, 0.3) is 0 Å². The molecule has 0 atom stereocenters. The Balaban J connectivity index is 2.83. The van der Waals surface area contributed by atoms with E-state index in [-0.39, 0.29) is 12.1 Å². The molecule has 0 aliphatic heterocycles. The van der Waals surface area contributed by atoms with Gasteiger partial charge in [0.05, 0.1) is 11.3 Å². The van der Waals surface area contributed by atoms with E-state index in [4.69, 9.17) is 5.73 Å². The number of nitrogens with two attached hydrogens (primary N) is 1. The van der Waals surface area contributed by atoms with E-state index in [1.807, 2.05) is 0 Å². The summed E-state index contributed by atoms with van der Waals surface area (Å²) >= 11 is 0. The molecule has 1 rings (SSSR count). The van der Waals surface area contributed by atoms with Gasteiger partial charge >= 0.3 is 6.18 Å². The number of halogens is 3. The standard InChI is InChI=1S/C12H17F3N2O2S/c1-11(2,16)8-17-20(18,19)7-9-4-3-5-10(6-9)12(13,14)15/h3-6,17H,7-8,16H2,1-2H3. The highest BCUT2D eigenvalue weighted by atomic mass is 32.2. The van der Waals surface area contributed by atoms with Gasteiger partial charge < -0.3 is 5.73 Å². The Kier molecular flexibility index (Phi) is 4.83. The van der Waals surface area contributed by atoms with Crippen molar-refractivity contribution in [2.45, 2.75) is 31.3 Å². The summed E-state index contributed by atoms with van der Waals surface area (Å²) in [5.74, 6) is -0.521. The maximum atomic E-state index is 12.5. The van der Waals surface area contributed by atoms with Gasteiger partial charge in [-0.25, -0.2) is 13.1 Å². The van der Waals surface area contributed by atoms with Crippen LogP contribution in [0.3, 0.4) is 0 Å². The summed E-state index contributed by atoms with van der Waals surface area (Å²) in [5, 5.41) is 0. The highest BCUT2D eigenvalue weighted by Crippen LogP contribution is 2.29. The quantitative estimate of drug-likeness (QED) is 0.872. The molecule has 1 aromatic rings. The van der Waals surface area contributed by atoms with Crippen LogP contribution in [0.4, 0.5) is 13.2 Å². The Bertz CT molecular complexity index is 563. The van der Waals surface area contributed by atoms with E-state index in [1.165, 1.54) is 12.1 Å². The summed E-state index contributed by atoms with van der Waals surface area (Å²) in [7, 11) is -3.73. The Hall–Kier alpha value is -1.12. The summed E-state index contributed by atoms with van der Waals surface area (Å²) in [6.45, 7) is 3.29. The molecule has 0 saturated heterocycles. The van der Waals surface area contributed by atoms with Crippen LogP contribution in [0.1, 0.15) is 25.0 Å². The second-order valence-electron chi connectivity index (χ2n) is 5.27. The minimum absolute atomic E-state index is 0.00823. The second-order valence-corrected chi connectivity index (χ2v) is 7.07. The Morgan fingerprint density at radius 1 is 1.25 bits per heavy atom. The fourth-order valence-electron chi connectivity index (χ4n) is 1.40. The van der Waals surface area contributed by atoms with Crippen molar-refractivity contribution in [1.29, 1.82) is 0 Å². The van der Waals surface area contributed by atoms with Crippen molar-refractivity contribution in [1.82, 2.24) is 4.72 Å². The van der Waals surface area contributed by atoms with Crippen molar-refractivity contribution in [3.8, 4) is 0 Å². The van der Waals surface area contributed by atoms with Gasteiger partial charge in [-0.3, -0.25) is 0 Å². The number of rotatable bonds is 5. The molecule has 20 heavy (non-hydrogen) atoms. The van der Waals surface area contributed by atoms with E-state index in [2.05, 4.69) is 4.72 Å². The van der Waals surface area contributed by atoms with Gasteiger partial charge in [-0.05, 0) is 25.5 Å². The first-order valence-corrected chi connectivity index (χ1v) is 7.47. The molecule has 0 amide bonds. The number of alkyl halides is 3. The lowest BCUT2D eigenvalue weighted by Gasteiger charge is -2.19. The summed E-state index contributed by atoms with van der Waals surface area (Å²) in [6.07, 6.45) is -4.49. The van der Waals surface area contributed by atoms with E-state index in [1.54, 1.807) is 13.8 Å². The first-order chi connectivity index (χ1) is 8.89. The molecule has 0 aliphatic rings. The van der Waals surface area contributed by atoms with Crippen molar-refractivity contribution < 1.29 is 21.6 Å². The largest absolute Gasteiger partial charge is 0.416 e. The van der Waals surface area contributed by atoms with Crippen LogP contribution in [-0.2, 0) is 22.0 Å². The van der Waals surface area contributed by atoms with E-state index in [0.29, 0.717) is 0 Å². The summed E-state index contributed by atoms with van der Waals surface area (Å²) < 4.78 is 63.4. The lowest BCUT2D eigenvalue weighted by Crippen LogP contribution is -2.45. The van der Waals surface area contributed by atoms with E-state index in [0.717, 1.165) is 12.1 Å². The third-order valence-electron chi connectivity index (χ3n) is 2.36. The first-order valence-electron chi connectivity index (χ1n) is 5.81. The van der Waals surface area contributed by atoms with Crippen molar-refractivity contribution in [2.75, 3.05) is 6.54 Å². The minimum Gasteiger partial charge on any atom is -0.324 e. The first kappa shape index (κ1) is 16.9. The predicted molar refractivity (Wildman–Crippen MR) is 70.3 cm³/mol. The normalized spacial score (nSPS) is 13.5. The van der Waals surface area contributed by atoms with Crippen molar-refractivity contribution in [3.05, 3.63) is 35.4 Å². The molecule has 0 aromatic heterocycles. The molecular weight excluding hydrogens is 293 g/mol. The highest BCUT2D eigenvalue weighted by molar-refractivity contribution is 7.88. The zero-order valence-corrected chi connectivity index (χ0v) is 12.0. The molecular formula is C12H17F3N2O2S. The third-order valence-corrected chi connectivity index (χ3v) is 3.66. The number of benzene rings is 1. The highest BCUT2D eigenvalue weighted by Gasteiger charge is 2.30. The number of nitrogens with one attached hydrogen (secondary N) is 1. The molecule has 0 aliphatic carbocycles. The number of sulfonamides is 1. The molecule has 3 N–H and O–H groups in total. The number of hydrogen-bond donors (Lipinski definition) is 2. The summed E-state index contributed by atoms with van der Waals surface area (Å²) in [6, 6.07) is 4.24. The molecule has 0 bridgehead atoms. The zero-order valence-electron chi connectivity index (χ0n) is 11.2. The Morgan fingerprint density at radius 3 is 2.35 bits per heavy atom. The zero-order chi connectivity index (χ0) is 15.6. The van der Waals surface area contributed by atoms with Crippen molar-refractivity contribution in [3.63, 3.8) is 0 Å². The minimum atomic E-state index is -4.49. The summed E-state index contributed by atoms with van der Waals surface area (Å²) in [5.41, 5.74) is 4.11. The van der Waals surface area contributed by atoms with Crippen LogP contribution in [0.2, 0.25) is 0 Å². The topological polar surface area (TPSA) is 72.2 Å². The fraction of sp³-hybridized carbons (Fsp3) is 0.500. The van der Waals surface area contributed by atoms with Crippen LogP contribution < -0.4 is 10.5 Å². The van der Waals surface area contributed by atoms with E-state index >= 15 is 0 Å². The van der Waals surface area contributed by atoms with Crippen LogP contribution in [0.15, 0.2) is 24.3 Å². The molecule has 0 radical (unpaired) electrons. The van der Waals surface area contributed by atoms with Gasteiger partial charge in [-0.1, -0.05) is 18.2 Å². The molecule has 0 saturated carbocycles. The Morgan fingerprint density at radius 2 is 1.85 bits per heavy atom. The van der Waals surface area contributed by atoms with Crippen LogP contribution in [0, 0.1) is 0 Å². The van der Waals surface area contributed by atoms with Gasteiger partial charge in [0, 0.05) is 12.1 Å². The summed E-state index contributed by atoms with van der Waals surface area (Å²) in [4.78, 5) is 0. The number of hydrogen-bond acceptors (Lipinski definition) is 3. The maximum absolute atomic E-state index is 12.5. The van der Waals surface area contributed by atoms with Crippen LogP contribution >= 0.6 is 0 Å². The molecule has 4 nitrogen and oxygen atoms in total. The van der Waals surface area contributed by atoms with Gasteiger partial charge in [-0.2, -0.15) is 13.2 Å². The van der Waals surface area contributed by atoms with Crippen molar-refractivity contribution in [2.24, 2.45) is 5.73 Å². The van der Waals surface area contributed by atoms with E-state index < -0.39 is 33.1 Å². The van der Waals surface area contributed by atoms with Gasteiger partial charge in [0.1, 0.15) is 0 Å². The van der Waals surface area contributed by atoms with Gasteiger partial charge in [0.2, 0.25) is 10.0 Å². The third kappa shape index (κ3) is 5.89. The molecule has 0 unspecified atom stereocenters. The molecule has 8 heteroatoms. The molecule has 114 valence electrons. The van der Waals surface area contributed by atoms with Crippen LogP contribution in [0.5, 0.6) is 0 Å². The molecule has 0 heterocycles. The molecule has 1 aromatic carbocycles. The molecule has 0 fully saturated rings. The SMILES string of the molecule is CC(C)(N)CNS(=O)(=O)Cc1cccc(C(F)(F)F)c1. The molecule has 0 spiro atoms. The lowest BCUT2D eigenvalue weighted by atomic mass is 10.1. The average Bonchev–Trinajstić information content (AvgIpc) is 2.24. The lowest BCUT2D eigenvalue weighted by molar-refractivity contribution is -0.137. The van der Waals surface area contributed by atoms with Crippen LogP contribution in [0.25, 0.3) is 0 Å². The van der Waals surface area contributed by atoms with Gasteiger partial charge in [-0.15, -0.1) is 0 Å². The Labute approximate surface area is 116 Å². The van der Waals surface area contributed by atoms with E-state index in [9.17, 15) is 21.6 Å². The average molecular weight is 310 g/mol. The maximum Gasteiger partial charge on any atom is 0.416 e. The van der Waals surface area contributed by atoms with Crippen LogP contribution in [-0.4, -0.2) is 20.5 Å². The monoisotopic (exact) mass is 310 g/mol. The second kappa shape index (κ2) is 5.71.